The second kappa shape index (κ2) is 9.04. The quantitative estimate of drug-likeness (QED) is 0.641. The number of aromatic nitrogens is 1. The summed E-state index contributed by atoms with van der Waals surface area (Å²) in [5, 5.41) is 4.76. The molecule has 1 amide bonds. The molecule has 5 nitrogen and oxygen atoms in total. The zero-order chi connectivity index (χ0) is 20.1. The van der Waals surface area contributed by atoms with E-state index in [0.29, 0.717) is 33.6 Å². The van der Waals surface area contributed by atoms with Crippen molar-refractivity contribution in [1.29, 1.82) is 0 Å². The summed E-state index contributed by atoms with van der Waals surface area (Å²) in [5.41, 5.74) is 0.989. The van der Waals surface area contributed by atoms with E-state index in [2.05, 4.69) is 19.2 Å². The van der Waals surface area contributed by atoms with Crippen LogP contribution in [0.4, 0.5) is 0 Å². The smallest absolute Gasteiger partial charge is 0.262 e. The summed E-state index contributed by atoms with van der Waals surface area (Å²) in [5.74, 6) is -0.175. The van der Waals surface area contributed by atoms with Gasteiger partial charge in [0.15, 0.2) is 0 Å². The number of nitrogens with one attached hydrogen (secondary N) is 2. The highest BCUT2D eigenvalue weighted by Gasteiger charge is 2.16. The summed E-state index contributed by atoms with van der Waals surface area (Å²) in [6.07, 6.45) is 1.62. The number of rotatable bonds is 7. The van der Waals surface area contributed by atoms with E-state index in [1.807, 2.05) is 12.1 Å². The van der Waals surface area contributed by atoms with Crippen molar-refractivity contribution in [2.75, 3.05) is 26.2 Å². The number of carbonyl (C=O) groups excluding carboxylic acids is 1. The van der Waals surface area contributed by atoms with Crippen LogP contribution in [0.15, 0.2) is 59.5 Å². The van der Waals surface area contributed by atoms with Gasteiger partial charge in [-0.2, -0.15) is 0 Å². The summed E-state index contributed by atoms with van der Waals surface area (Å²) in [7, 11) is 0. The monoisotopic (exact) mass is 398 g/mol. The van der Waals surface area contributed by atoms with E-state index < -0.39 is 0 Å². The number of carbonyl (C=O) groups is 1. The predicted molar refractivity (Wildman–Crippen MR) is 114 cm³/mol. The highest BCUT2D eigenvalue weighted by molar-refractivity contribution is 6.30. The molecule has 0 saturated carbocycles. The van der Waals surface area contributed by atoms with Crippen LogP contribution < -0.4 is 15.8 Å². The summed E-state index contributed by atoms with van der Waals surface area (Å²) in [6, 6.07) is 14.2. The van der Waals surface area contributed by atoms with Crippen molar-refractivity contribution in [2.45, 2.75) is 13.8 Å². The molecule has 1 aromatic heterocycles. The molecule has 1 heterocycles. The normalized spacial score (nSPS) is 11.1. The molecule has 0 aliphatic heterocycles. The van der Waals surface area contributed by atoms with Crippen LogP contribution in [0.3, 0.4) is 0 Å². The number of likely N-dealkylation sites (N-methyl/N-ethyl adjacent to an activating group) is 1. The maximum atomic E-state index is 13.0. The Morgan fingerprint density at radius 3 is 2.32 bits per heavy atom. The Morgan fingerprint density at radius 1 is 1.04 bits per heavy atom. The van der Waals surface area contributed by atoms with Crippen LogP contribution >= 0.6 is 11.6 Å². The first kappa shape index (κ1) is 20.1. The van der Waals surface area contributed by atoms with Gasteiger partial charge in [-0.3, -0.25) is 14.2 Å². The fourth-order valence-corrected chi connectivity index (χ4v) is 3.44. The third kappa shape index (κ3) is 4.26. The Kier molecular flexibility index (Phi) is 6.49. The van der Waals surface area contributed by atoms with Gasteiger partial charge in [0.2, 0.25) is 0 Å². The third-order valence-corrected chi connectivity index (χ3v) is 5.29. The van der Waals surface area contributed by atoms with E-state index in [9.17, 15) is 9.59 Å². The minimum absolute atomic E-state index is 0.165. The zero-order valence-electron chi connectivity index (χ0n) is 16.2. The number of fused-ring (bicyclic) bond motifs is 1. The molecule has 2 aromatic carbocycles. The first-order chi connectivity index (χ1) is 13.5. The van der Waals surface area contributed by atoms with Crippen molar-refractivity contribution >= 4 is 28.3 Å². The molecule has 0 aliphatic carbocycles. The molecule has 0 saturated heterocycles. The van der Waals surface area contributed by atoms with E-state index in [4.69, 9.17) is 11.6 Å². The van der Waals surface area contributed by atoms with E-state index in [1.165, 1.54) is 9.47 Å². The molecule has 0 radical (unpaired) electrons. The summed E-state index contributed by atoms with van der Waals surface area (Å²) in [6.45, 7) is 7.78. The third-order valence-electron chi connectivity index (χ3n) is 5.04. The van der Waals surface area contributed by atoms with Crippen LogP contribution in [0.1, 0.15) is 24.2 Å². The molecule has 0 spiro atoms. The van der Waals surface area contributed by atoms with Crippen LogP contribution in [0.25, 0.3) is 16.5 Å². The van der Waals surface area contributed by atoms with Gasteiger partial charge in [-0.25, -0.2) is 0 Å². The number of halogens is 1. The minimum atomic E-state index is -0.175. The number of hydrogen-bond acceptors (Lipinski definition) is 2. The first-order valence-electron chi connectivity index (χ1n) is 9.57. The Labute approximate surface area is 169 Å². The van der Waals surface area contributed by atoms with Gasteiger partial charge in [0.05, 0.1) is 31.7 Å². The largest absolute Gasteiger partial charge is 0.346 e. The van der Waals surface area contributed by atoms with Crippen LogP contribution in [0.5, 0.6) is 0 Å². The van der Waals surface area contributed by atoms with Crippen LogP contribution in [0.2, 0.25) is 5.02 Å². The summed E-state index contributed by atoms with van der Waals surface area (Å²) < 4.78 is 1.50. The average molecular weight is 399 g/mol. The van der Waals surface area contributed by atoms with Crippen LogP contribution in [0, 0.1) is 0 Å². The average Bonchev–Trinajstić information content (AvgIpc) is 2.72. The van der Waals surface area contributed by atoms with Crippen molar-refractivity contribution in [3.05, 3.63) is 75.7 Å². The number of quaternary nitrogens is 1. The number of nitrogens with zero attached hydrogens (tertiary/aromatic N) is 1. The van der Waals surface area contributed by atoms with Gasteiger partial charge in [0.1, 0.15) is 0 Å². The minimum Gasteiger partial charge on any atom is -0.346 e. The lowest BCUT2D eigenvalue weighted by molar-refractivity contribution is -0.895. The van der Waals surface area contributed by atoms with E-state index in [-0.39, 0.29) is 11.5 Å². The standard InChI is InChI=1S/C22H24ClN3O2/c1-3-25(4-2)14-13-24-21(27)20-15-26(17-11-9-16(23)10-12-17)22(28)19-8-6-5-7-18(19)20/h5-12,15H,3-4,13-14H2,1-2H3,(H,24,27)/p+1. The lowest BCUT2D eigenvalue weighted by Gasteiger charge is -2.16. The molecule has 3 rings (SSSR count). The van der Waals surface area contributed by atoms with Crippen molar-refractivity contribution in [1.82, 2.24) is 9.88 Å². The highest BCUT2D eigenvalue weighted by Crippen LogP contribution is 2.18. The van der Waals surface area contributed by atoms with Gasteiger partial charge in [-0.15, -0.1) is 0 Å². The molecule has 0 unspecified atom stereocenters. The molecular weight excluding hydrogens is 374 g/mol. The SMILES string of the molecule is CC[NH+](CC)CCNC(=O)c1cn(-c2ccc(Cl)cc2)c(=O)c2ccccc12. The second-order valence-corrected chi connectivity index (χ2v) is 7.14. The number of hydrogen-bond donors (Lipinski definition) is 2. The van der Waals surface area contributed by atoms with Gasteiger partial charge in [-0.1, -0.05) is 29.8 Å². The number of benzene rings is 2. The molecular formula is C22H25ClN3O2+. The van der Waals surface area contributed by atoms with Crippen LogP contribution in [-0.2, 0) is 0 Å². The molecule has 0 atom stereocenters. The van der Waals surface area contributed by atoms with Gasteiger partial charge in [0, 0.05) is 27.7 Å². The number of pyridine rings is 1. The molecule has 0 fully saturated rings. The van der Waals surface area contributed by atoms with E-state index in [1.54, 1.807) is 42.6 Å². The number of amides is 1. The Balaban J connectivity index is 1.99. The lowest BCUT2D eigenvalue weighted by atomic mass is 10.1. The highest BCUT2D eigenvalue weighted by atomic mass is 35.5. The van der Waals surface area contributed by atoms with Crippen molar-refractivity contribution in [3.8, 4) is 5.69 Å². The van der Waals surface area contributed by atoms with Crippen LogP contribution in [-0.4, -0.2) is 36.7 Å². The van der Waals surface area contributed by atoms with Gasteiger partial charge >= 0.3 is 0 Å². The van der Waals surface area contributed by atoms with Gasteiger partial charge < -0.3 is 10.2 Å². The van der Waals surface area contributed by atoms with Gasteiger partial charge in [-0.05, 0) is 44.2 Å². The Morgan fingerprint density at radius 2 is 1.68 bits per heavy atom. The zero-order valence-corrected chi connectivity index (χ0v) is 16.9. The summed E-state index contributed by atoms with van der Waals surface area (Å²) in [4.78, 5) is 27.3. The lowest BCUT2D eigenvalue weighted by Crippen LogP contribution is -3.12. The van der Waals surface area contributed by atoms with Gasteiger partial charge in [0.25, 0.3) is 11.5 Å². The molecule has 2 N–H and O–H groups in total. The van der Waals surface area contributed by atoms with Crippen molar-refractivity contribution in [2.24, 2.45) is 0 Å². The van der Waals surface area contributed by atoms with E-state index in [0.717, 1.165) is 19.6 Å². The topological polar surface area (TPSA) is 55.5 Å². The van der Waals surface area contributed by atoms with Crippen molar-refractivity contribution in [3.63, 3.8) is 0 Å². The predicted octanol–water partition coefficient (Wildman–Crippen LogP) is 2.30. The Bertz CT molecular complexity index is 1020. The molecule has 3 aromatic rings. The van der Waals surface area contributed by atoms with E-state index >= 15 is 0 Å². The molecule has 6 heteroatoms. The first-order valence-corrected chi connectivity index (χ1v) is 9.95. The molecule has 28 heavy (non-hydrogen) atoms. The maximum Gasteiger partial charge on any atom is 0.262 e. The summed E-state index contributed by atoms with van der Waals surface area (Å²) >= 11 is 5.97. The maximum absolute atomic E-state index is 13.0. The molecule has 0 aliphatic rings. The Hall–Kier alpha value is -2.63. The fourth-order valence-electron chi connectivity index (χ4n) is 3.32. The van der Waals surface area contributed by atoms with Crippen molar-refractivity contribution < 1.29 is 9.69 Å². The molecule has 146 valence electrons. The second-order valence-electron chi connectivity index (χ2n) is 6.70. The molecule has 0 bridgehead atoms. The fraction of sp³-hybridized carbons (Fsp3) is 0.273.